The standard InChI is InChI=1S/C21H23F3N4O/c1-20(2)9-15-18(16(29)10-20)17(14(11-25)19(26)28(15)27(3)4)12-5-7-13(8-6-12)21(22,23)24/h5-8,17H,9-10,26H2,1-4H3/t17-/m1/s1. The maximum atomic E-state index is 13.1. The number of nitrogens with zero attached hydrogens (tertiary/aromatic N) is 3. The molecule has 2 aliphatic rings. The Balaban J connectivity index is 2.22. The number of halogens is 3. The summed E-state index contributed by atoms with van der Waals surface area (Å²) in [5.41, 5.74) is 6.97. The van der Waals surface area contributed by atoms with E-state index in [0.29, 0.717) is 29.7 Å². The lowest BCUT2D eigenvalue weighted by Gasteiger charge is -2.45. The molecule has 1 aliphatic heterocycles. The number of allylic oxidation sites excluding steroid dienone is 3. The van der Waals surface area contributed by atoms with Crippen LogP contribution in [0.15, 0.2) is 46.9 Å². The Morgan fingerprint density at radius 2 is 1.79 bits per heavy atom. The highest BCUT2D eigenvalue weighted by Gasteiger charge is 2.45. The number of benzene rings is 1. The van der Waals surface area contributed by atoms with Crippen molar-refractivity contribution in [3.05, 3.63) is 58.1 Å². The molecule has 2 N–H and O–H groups in total. The Bertz CT molecular complexity index is 950. The minimum Gasteiger partial charge on any atom is -0.383 e. The van der Waals surface area contributed by atoms with Crippen LogP contribution in [0.1, 0.15) is 43.7 Å². The number of alkyl halides is 3. The first kappa shape index (κ1) is 20.9. The zero-order valence-corrected chi connectivity index (χ0v) is 16.8. The molecule has 5 nitrogen and oxygen atoms in total. The number of hydrazine groups is 1. The van der Waals surface area contributed by atoms with Crippen LogP contribution in [0.4, 0.5) is 13.2 Å². The van der Waals surface area contributed by atoms with Crippen LogP contribution in [-0.4, -0.2) is 29.9 Å². The molecular weight excluding hydrogens is 381 g/mol. The predicted octanol–water partition coefficient (Wildman–Crippen LogP) is 3.92. The summed E-state index contributed by atoms with van der Waals surface area (Å²) in [5.74, 6) is -0.711. The number of nitrogens with two attached hydrogens (primary N) is 1. The number of rotatable bonds is 2. The van der Waals surface area contributed by atoms with Crippen LogP contribution in [0.3, 0.4) is 0 Å². The third-order valence-corrected chi connectivity index (χ3v) is 5.33. The number of ketones is 1. The molecule has 1 aliphatic carbocycles. The first-order chi connectivity index (χ1) is 13.4. The summed E-state index contributed by atoms with van der Waals surface area (Å²) in [6.45, 7) is 3.96. The summed E-state index contributed by atoms with van der Waals surface area (Å²) in [7, 11) is 3.52. The van der Waals surface area contributed by atoms with E-state index in [4.69, 9.17) is 5.73 Å². The number of hydrogen-bond donors (Lipinski definition) is 1. The van der Waals surface area contributed by atoms with Crippen molar-refractivity contribution < 1.29 is 18.0 Å². The Hall–Kier alpha value is -2.79. The Morgan fingerprint density at radius 3 is 2.28 bits per heavy atom. The number of Topliss-reactive ketones (excluding diaryl/α,β-unsaturated/α-hetero) is 1. The fourth-order valence-corrected chi connectivity index (χ4v) is 4.15. The minimum atomic E-state index is -4.46. The second-order valence-corrected chi connectivity index (χ2v) is 8.42. The van der Waals surface area contributed by atoms with Crippen molar-refractivity contribution in [2.24, 2.45) is 11.1 Å². The Kier molecular flexibility index (Phi) is 4.99. The summed E-state index contributed by atoms with van der Waals surface area (Å²) in [4.78, 5) is 13.1. The lowest BCUT2D eigenvalue weighted by Crippen LogP contribution is -2.47. The molecule has 1 heterocycles. The van der Waals surface area contributed by atoms with Crippen LogP contribution in [0.5, 0.6) is 0 Å². The maximum absolute atomic E-state index is 13.1. The van der Waals surface area contributed by atoms with Crippen molar-refractivity contribution in [2.45, 2.75) is 38.8 Å². The van der Waals surface area contributed by atoms with Gasteiger partial charge in [-0.15, -0.1) is 0 Å². The molecule has 1 atom stereocenters. The normalized spacial score (nSPS) is 22.1. The van der Waals surface area contributed by atoms with Gasteiger partial charge in [0.1, 0.15) is 5.82 Å². The van der Waals surface area contributed by atoms with Gasteiger partial charge in [0.05, 0.1) is 23.1 Å². The van der Waals surface area contributed by atoms with E-state index in [1.54, 1.807) is 24.1 Å². The van der Waals surface area contributed by atoms with Crippen LogP contribution in [0.25, 0.3) is 0 Å². The summed E-state index contributed by atoms with van der Waals surface area (Å²) in [6, 6.07) is 6.66. The van der Waals surface area contributed by atoms with Gasteiger partial charge in [0.25, 0.3) is 0 Å². The molecule has 3 rings (SSSR count). The topological polar surface area (TPSA) is 73.4 Å². The lowest BCUT2D eigenvalue weighted by molar-refractivity contribution is -0.137. The first-order valence-corrected chi connectivity index (χ1v) is 9.18. The number of nitriles is 1. The van der Waals surface area contributed by atoms with Gasteiger partial charge in [-0.1, -0.05) is 26.0 Å². The smallest absolute Gasteiger partial charge is 0.383 e. The average molecular weight is 404 g/mol. The third kappa shape index (κ3) is 3.62. The molecule has 0 spiro atoms. The molecule has 154 valence electrons. The molecule has 1 aromatic rings. The molecule has 1 aromatic carbocycles. The lowest BCUT2D eigenvalue weighted by atomic mass is 9.69. The third-order valence-electron chi connectivity index (χ3n) is 5.33. The summed E-state index contributed by atoms with van der Waals surface area (Å²) >= 11 is 0. The zero-order valence-electron chi connectivity index (χ0n) is 16.8. The van der Waals surface area contributed by atoms with Crippen molar-refractivity contribution in [3.8, 4) is 6.07 Å². The molecule has 0 aromatic heterocycles. The van der Waals surface area contributed by atoms with E-state index in [9.17, 15) is 23.2 Å². The van der Waals surface area contributed by atoms with E-state index < -0.39 is 17.7 Å². The number of carbonyl (C=O) groups is 1. The molecule has 0 bridgehead atoms. The van der Waals surface area contributed by atoms with Gasteiger partial charge in [-0.3, -0.25) is 9.80 Å². The van der Waals surface area contributed by atoms with Gasteiger partial charge in [0.2, 0.25) is 0 Å². The molecule has 0 saturated heterocycles. The number of hydrogen-bond acceptors (Lipinski definition) is 5. The highest BCUT2D eigenvalue weighted by molar-refractivity contribution is 6.00. The molecule has 29 heavy (non-hydrogen) atoms. The Morgan fingerprint density at radius 1 is 1.21 bits per heavy atom. The summed E-state index contributed by atoms with van der Waals surface area (Å²) < 4.78 is 38.9. The van der Waals surface area contributed by atoms with E-state index in [2.05, 4.69) is 6.07 Å². The molecule has 0 radical (unpaired) electrons. The van der Waals surface area contributed by atoms with Crippen molar-refractivity contribution in [1.82, 2.24) is 10.0 Å². The van der Waals surface area contributed by atoms with Crippen molar-refractivity contribution in [1.29, 1.82) is 5.26 Å². The molecule has 0 amide bonds. The molecule has 0 saturated carbocycles. The van der Waals surface area contributed by atoms with Gasteiger partial charge >= 0.3 is 6.18 Å². The fourth-order valence-electron chi connectivity index (χ4n) is 4.15. The molecule has 0 unspecified atom stereocenters. The Labute approximate surface area is 167 Å². The van der Waals surface area contributed by atoms with Gasteiger partial charge < -0.3 is 5.73 Å². The van der Waals surface area contributed by atoms with Crippen molar-refractivity contribution in [3.63, 3.8) is 0 Å². The van der Waals surface area contributed by atoms with Gasteiger partial charge in [-0.05, 0) is 29.5 Å². The van der Waals surface area contributed by atoms with Gasteiger partial charge in [-0.25, -0.2) is 5.01 Å². The number of carbonyl (C=O) groups excluding carboxylic acids is 1. The average Bonchev–Trinajstić information content (AvgIpc) is 2.58. The summed E-state index contributed by atoms with van der Waals surface area (Å²) in [5, 5.41) is 13.2. The van der Waals surface area contributed by atoms with Gasteiger partial charge in [0.15, 0.2) is 5.78 Å². The monoisotopic (exact) mass is 404 g/mol. The second kappa shape index (κ2) is 6.92. The minimum absolute atomic E-state index is 0.117. The van der Waals surface area contributed by atoms with Gasteiger partial charge in [-0.2, -0.15) is 18.4 Å². The van der Waals surface area contributed by atoms with Crippen LogP contribution in [0.2, 0.25) is 0 Å². The zero-order chi connectivity index (χ0) is 21.7. The van der Waals surface area contributed by atoms with Crippen LogP contribution in [0, 0.1) is 16.7 Å². The van der Waals surface area contributed by atoms with Crippen LogP contribution >= 0.6 is 0 Å². The molecule has 0 fully saturated rings. The molecular formula is C21H23F3N4O. The largest absolute Gasteiger partial charge is 0.416 e. The first-order valence-electron chi connectivity index (χ1n) is 9.18. The second-order valence-electron chi connectivity index (χ2n) is 8.42. The van der Waals surface area contributed by atoms with E-state index in [1.165, 1.54) is 12.1 Å². The SMILES string of the molecule is CN(C)N1C(N)=C(C#N)[C@@H](c2ccc(C(F)(F)F)cc2)C2=C1CC(C)(C)CC2=O. The maximum Gasteiger partial charge on any atom is 0.416 e. The quantitative estimate of drug-likeness (QED) is 0.809. The van der Waals surface area contributed by atoms with Crippen molar-refractivity contribution in [2.75, 3.05) is 14.1 Å². The van der Waals surface area contributed by atoms with Crippen molar-refractivity contribution >= 4 is 5.78 Å². The predicted molar refractivity (Wildman–Crippen MR) is 102 cm³/mol. The van der Waals surface area contributed by atoms with Crippen LogP contribution < -0.4 is 5.73 Å². The highest BCUT2D eigenvalue weighted by Crippen LogP contribution is 2.49. The van der Waals surface area contributed by atoms with Gasteiger partial charge in [0, 0.05) is 31.8 Å². The van der Waals surface area contributed by atoms with E-state index >= 15 is 0 Å². The van der Waals surface area contributed by atoms with E-state index in [0.717, 1.165) is 12.1 Å². The fraction of sp³-hybridized carbons (Fsp3) is 0.429. The highest BCUT2D eigenvalue weighted by atomic mass is 19.4. The van der Waals surface area contributed by atoms with E-state index in [1.807, 2.05) is 13.8 Å². The van der Waals surface area contributed by atoms with Crippen LogP contribution in [-0.2, 0) is 11.0 Å². The van der Waals surface area contributed by atoms with E-state index in [-0.39, 0.29) is 22.6 Å². The summed E-state index contributed by atoms with van der Waals surface area (Å²) in [6.07, 6.45) is -3.61. The molecule has 8 heteroatoms.